The van der Waals surface area contributed by atoms with Crippen LogP contribution in [0.25, 0.3) is 10.2 Å². The summed E-state index contributed by atoms with van der Waals surface area (Å²) >= 11 is 1.51. The van der Waals surface area contributed by atoms with E-state index in [1.807, 2.05) is 21.0 Å². The fraction of sp³-hybridized carbons (Fsp3) is 0.360. The number of carbonyl (C=O) groups excluding carboxylic acids is 3. The van der Waals surface area contributed by atoms with E-state index in [-0.39, 0.29) is 30.6 Å². The van der Waals surface area contributed by atoms with Crippen molar-refractivity contribution < 1.29 is 14.4 Å². The molecule has 7 nitrogen and oxygen atoms in total. The number of carbonyl (C=O) groups is 3. The number of rotatable bonds is 7. The second-order valence-corrected chi connectivity index (χ2v) is 9.72. The van der Waals surface area contributed by atoms with Crippen molar-refractivity contribution in [2.45, 2.75) is 33.1 Å². The first-order valence-corrected chi connectivity index (χ1v) is 11.9. The van der Waals surface area contributed by atoms with E-state index in [0.29, 0.717) is 22.9 Å². The van der Waals surface area contributed by atoms with Gasteiger partial charge in [0.05, 0.1) is 15.9 Å². The van der Waals surface area contributed by atoms with Crippen LogP contribution in [0.1, 0.15) is 40.7 Å². The van der Waals surface area contributed by atoms with Crippen LogP contribution in [0.2, 0.25) is 0 Å². The Morgan fingerprint density at radius 1 is 1.06 bits per heavy atom. The van der Waals surface area contributed by atoms with Gasteiger partial charge in [0.15, 0.2) is 5.13 Å². The van der Waals surface area contributed by atoms with Gasteiger partial charge in [-0.2, -0.15) is 0 Å². The lowest BCUT2D eigenvalue weighted by Gasteiger charge is -2.22. The summed E-state index contributed by atoms with van der Waals surface area (Å²) in [6, 6.07) is 10.9. The predicted octanol–water partition coefficient (Wildman–Crippen LogP) is 4.17. The molecule has 1 aromatic heterocycles. The number of aromatic nitrogens is 1. The molecule has 1 fully saturated rings. The molecule has 1 aliphatic rings. The van der Waals surface area contributed by atoms with E-state index in [2.05, 4.69) is 24.0 Å². The predicted molar refractivity (Wildman–Crippen MR) is 132 cm³/mol. The zero-order valence-electron chi connectivity index (χ0n) is 19.4. The molecule has 2 aromatic carbocycles. The highest BCUT2D eigenvalue weighted by molar-refractivity contribution is 7.22. The summed E-state index contributed by atoms with van der Waals surface area (Å²) in [5.74, 6) is -0.656. The molecule has 0 unspecified atom stereocenters. The van der Waals surface area contributed by atoms with Crippen molar-refractivity contribution in [2.75, 3.05) is 37.0 Å². The van der Waals surface area contributed by atoms with Crippen LogP contribution in [0.3, 0.4) is 0 Å². The number of amides is 3. The zero-order chi connectivity index (χ0) is 23.7. The maximum Gasteiger partial charge on any atom is 0.260 e. The van der Waals surface area contributed by atoms with Crippen molar-refractivity contribution in [2.24, 2.45) is 0 Å². The van der Waals surface area contributed by atoms with Crippen molar-refractivity contribution in [3.8, 4) is 0 Å². The minimum atomic E-state index is -0.232. The van der Waals surface area contributed by atoms with Gasteiger partial charge in [-0.15, -0.1) is 0 Å². The van der Waals surface area contributed by atoms with Gasteiger partial charge in [-0.1, -0.05) is 23.5 Å². The second-order valence-electron chi connectivity index (χ2n) is 8.71. The molecule has 33 heavy (non-hydrogen) atoms. The number of fused-ring (bicyclic) bond motifs is 1. The highest BCUT2D eigenvalue weighted by Crippen LogP contribution is 2.33. The molecule has 0 N–H and O–H groups in total. The number of hydrogen-bond acceptors (Lipinski definition) is 6. The maximum absolute atomic E-state index is 13.7. The van der Waals surface area contributed by atoms with E-state index in [0.717, 1.165) is 34.3 Å². The Hall–Kier alpha value is -3.10. The Bertz CT molecular complexity index is 1220. The third-order valence-electron chi connectivity index (χ3n) is 5.68. The van der Waals surface area contributed by atoms with Crippen LogP contribution in [-0.2, 0) is 9.59 Å². The van der Waals surface area contributed by atoms with Crippen LogP contribution in [0.15, 0.2) is 36.4 Å². The Morgan fingerprint density at radius 2 is 1.79 bits per heavy atom. The number of hydrogen-bond donors (Lipinski definition) is 0. The lowest BCUT2D eigenvalue weighted by Crippen LogP contribution is -2.34. The molecule has 1 saturated heterocycles. The molecule has 4 rings (SSSR count). The van der Waals surface area contributed by atoms with Gasteiger partial charge in [-0.25, -0.2) is 4.98 Å². The molecule has 172 valence electrons. The van der Waals surface area contributed by atoms with E-state index in [4.69, 9.17) is 4.98 Å². The normalized spacial score (nSPS) is 14.0. The zero-order valence-corrected chi connectivity index (χ0v) is 20.2. The lowest BCUT2D eigenvalue weighted by atomic mass is 10.1. The minimum absolute atomic E-state index is 0.192. The number of anilines is 2. The average Bonchev–Trinajstić information content (AvgIpc) is 3.33. The number of nitrogens with zero attached hydrogens (tertiary/aromatic N) is 4. The van der Waals surface area contributed by atoms with Gasteiger partial charge in [0, 0.05) is 24.9 Å². The molecular weight excluding hydrogens is 436 g/mol. The topological polar surface area (TPSA) is 73.8 Å². The minimum Gasteiger partial charge on any atom is -0.309 e. The molecule has 8 heteroatoms. The van der Waals surface area contributed by atoms with Crippen molar-refractivity contribution in [3.63, 3.8) is 0 Å². The van der Waals surface area contributed by atoms with E-state index in [1.165, 1.54) is 16.2 Å². The summed E-state index contributed by atoms with van der Waals surface area (Å²) in [5.41, 5.74) is 4.02. The number of imide groups is 1. The van der Waals surface area contributed by atoms with Crippen molar-refractivity contribution in [3.05, 3.63) is 53.1 Å². The van der Waals surface area contributed by atoms with Crippen molar-refractivity contribution in [1.82, 2.24) is 9.88 Å². The van der Waals surface area contributed by atoms with Crippen LogP contribution in [0, 0.1) is 13.8 Å². The Morgan fingerprint density at radius 3 is 2.48 bits per heavy atom. The highest BCUT2D eigenvalue weighted by atomic mass is 32.1. The highest BCUT2D eigenvalue weighted by Gasteiger charge is 2.31. The van der Waals surface area contributed by atoms with Crippen LogP contribution in [-0.4, -0.2) is 54.8 Å². The maximum atomic E-state index is 13.7. The van der Waals surface area contributed by atoms with Crippen LogP contribution in [0.5, 0.6) is 0 Å². The largest absolute Gasteiger partial charge is 0.309 e. The fourth-order valence-electron chi connectivity index (χ4n) is 4.10. The Kier molecular flexibility index (Phi) is 6.58. The quantitative estimate of drug-likeness (QED) is 0.491. The monoisotopic (exact) mass is 464 g/mol. The molecule has 2 heterocycles. The van der Waals surface area contributed by atoms with Crippen LogP contribution >= 0.6 is 11.3 Å². The van der Waals surface area contributed by atoms with Gasteiger partial charge < -0.3 is 4.90 Å². The smallest absolute Gasteiger partial charge is 0.260 e. The molecule has 0 aliphatic carbocycles. The summed E-state index contributed by atoms with van der Waals surface area (Å²) in [4.78, 5) is 47.8. The molecular formula is C25H28N4O3S. The van der Waals surface area contributed by atoms with E-state index in [1.54, 1.807) is 29.2 Å². The van der Waals surface area contributed by atoms with Gasteiger partial charge in [-0.3, -0.25) is 24.2 Å². The second kappa shape index (κ2) is 9.41. The van der Waals surface area contributed by atoms with Crippen LogP contribution in [0.4, 0.5) is 10.8 Å². The summed E-state index contributed by atoms with van der Waals surface area (Å²) < 4.78 is 1.05. The van der Waals surface area contributed by atoms with E-state index < -0.39 is 0 Å². The van der Waals surface area contributed by atoms with Gasteiger partial charge in [-0.05, 0) is 76.3 Å². The molecule has 3 aromatic rings. The van der Waals surface area contributed by atoms with E-state index >= 15 is 0 Å². The summed E-state index contributed by atoms with van der Waals surface area (Å²) in [6.07, 6.45) is 1.20. The summed E-state index contributed by atoms with van der Waals surface area (Å²) in [6.45, 7) is 5.44. The standard InChI is InChI=1S/C25H28N4O3S/c1-16-13-17(2)23-20(14-16)33-25(26-23)28(12-6-11-27(3)4)24(32)18-7-5-8-19(15-18)29-21(30)9-10-22(29)31/h5,7-8,13-15H,6,9-12H2,1-4H3. The molecule has 0 bridgehead atoms. The SMILES string of the molecule is Cc1cc(C)c2nc(N(CCCN(C)C)C(=O)c3cccc(N4C(=O)CCC4=O)c3)sc2c1. The molecule has 0 spiro atoms. The molecule has 1 aliphatic heterocycles. The third kappa shape index (κ3) is 4.82. The molecule has 0 atom stereocenters. The molecule has 0 saturated carbocycles. The van der Waals surface area contributed by atoms with E-state index in [9.17, 15) is 14.4 Å². The number of aryl methyl sites for hydroxylation is 2. The number of benzene rings is 2. The summed E-state index contributed by atoms with van der Waals surface area (Å²) in [7, 11) is 4.01. The van der Waals surface area contributed by atoms with Crippen molar-refractivity contribution >= 4 is 50.1 Å². The first kappa shape index (κ1) is 23.1. The number of thiazole rings is 1. The van der Waals surface area contributed by atoms with Crippen LogP contribution < -0.4 is 9.80 Å². The molecule has 0 radical (unpaired) electrons. The van der Waals surface area contributed by atoms with Gasteiger partial charge in [0.25, 0.3) is 5.91 Å². The first-order valence-electron chi connectivity index (χ1n) is 11.0. The lowest BCUT2D eigenvalue weighted by molar-refractivity contribution is -0.121. The third-order valence-corrected chi connectivity index (χ3v) is 6.71. The summed E-state index contributed by atoms with van der Waals surface area (Å²) in [5, 5.41) is 0.654. The fourth-order valence-corrected chi connectivity index (χ4v) is 5.27. The average molecular weight is 465 g/mol. The van der Waals surface area contributed by atoms with Gasteiger partial charge >= 0.3 is 0 Å². The Labute approximate surface area is 197 Å². The molecule has 3 amide bonds. The van der Waals surface area contributed by atoms with Gasteiger partial charge in [0.2, 0.25) is 11.8 Å². The van der Waals surface area contributed by atoms with Gasteiger partial charge in [0.1, 0.15) is 0 Å². The first-order chi connectivity index (χ1) is 15.7. The van der Waals surface area contributed by atoms with Crippen molar-refractivity contribution in [1.29, 1.82) is 0 Å². The Balaban J connectivity index is 1.70.